The van der Waals surface area contributed by atoms with E-state index >= 15 is 0 Å². The number of benzene rings is 5. The Morgan fingerprint density at radius 3 is 2.02 bits per heavy atom. The van der Waals surface area contributed by atoms with Crippen LogP contribution in [-0.2, 0) is 5.41 Å². The van der Waals surface area contributed by atoms with Crippen LogP contribution in [0.2, 0.25) is 0 Å². The summed E-state index contributed by atoms with van der Waals surface area (Å²) in [6, 6.07) is 36.9. The SMILES string of the molecule is CCN(CC)c1ccc(-c2c(-c3ccccc3)c3c(c4ccccc24)N=CC2(O3)N(C)c3ccccc3C2(C)C)cc1. The van der Waals surface area contributed by atoms with Crippen molar-refractivity contribution in [2.45, 2.75) is 38.8 Å². The van der Waals surface area contributed by atoms with Crippen molar-refractivity contribution in [3.05, 3.63) is 109 Å². The minimum absolute atomic E-state index is 0.343. The molecule has 2 aliphatic heterocycles. The fraction of sp³-hybridized carbons (Fsp3) is 0.237. The fourth-order valence-corrected chi connectivity index (χ4v) is 7.10. The van der Waals surface area contributed by atoms with Crippen LogP contribution in [0.1, 0.15) is 33.3 Å². The third-order valence-electron chi connectivity index (χ3n) is 9.45. The van der Waals surface area contributed by atoms with Crippen LogP contribution in [0.3, 0.4) is 0 Å². The molecule has 42 heavy (non-hydrogen) atoms. The average Bonchev–Trinajstić information content (AvgIpc) is 3.19. The number of nitrogens with zero attached hydrogens (tertiary/aromatic N) is 3. The zero-order chi connectivity index (χ0) is 29.1. The number of likely N-dealkylation sites (N-methyl/N-ethyl adjacent to an activating group) is 1. The molecular weight excluding hydrogens is 514 g/mol. The summed E-state index contributed by atoms with van der Waals surface area (Å²) in [7, 11) is 2.13. The van der Waals surface area contributed by atoms with Crippen LogP contribution in [-0.4, -0.2) is 32.1 Å². The first-order chi connectivity index (χ1) is 20.4. The van der Waals surface area contributed by atoms with Crippen LogP contribution < -0.4 is 14.5 Å². The van der Waals surface area contributed by atoms with Crippen LogP contribution in [0.15, 0.2) is 108 Å². The van der Waals surface area contributed by atoms with Gasteiger partial charge in [-0.2, -0.15) is 0 Å². The highest BCUT2D eigenvalue weighted by molar-refractivity contribution is 6.14. The van der Waals surface area contributed by atoms with Gasteiger partial charge < -0.3 is 14.5 Å². The monoisotopic (exact) mass is 551 g/mol. The maximum Gasteiger partial charge on any atom is 0.228 e. The Morgan fingerprint density at radius 2 is 1.33 bits per heavy atom. The Labute approximate surface area is 248 Å². The normalized spacial score (nSPS) is 18.2. The molecule has 4 heteroatoms. The summed E-state index contributed by atoms with van der Waals surface area (Å²) in [4.78, 5) is 9.91. The Balaban J connectivity index is 1.52. The molecule has 1 unspecified atom stereocenters. The number of hydrogen-bond acceptors (Lipinski definition) is 4. The van der Waals surface area contributed by atoms with Crippen LogP contribution in [0, 0.1) is 0 Å². The lowest BCUT2D eigenvalue weighted by Crippen LogP contribution is -2.61. The zero-order valence-electron chi connectivity index (χ0n) is 25.1. The van der Waals surface area contributed by atoms with Gasteiger partial charge in [0.05, 0.1) is 11.6 Å². The molecule has 0 aliphatic carbocycles. The van der Waals surface area contributed by atoms with Crippen LogP contribution >= 0.6 is 0 Å². The fourth-order valence-electron chi connectivity index (χ4n) is 7.10. The molecule has 0 fully saturated rings. The Morgan fingerprint density at radius 1 is 0.714 bits per heavy atom. The molecule has 210 valence electrons. The van der Waals surface area contributed by atoms with Crippen LogP contribution in [0.4, 0.5) is 17.1 Å². The van der Waals surface area contributed by atoms with Crippen molar-refractivity contribution in [3.8, 4) is 28.0 Å². The minimum Gasteiger partial charge on any atom is -0.459 e. The molecule has 5 aromatic carbocycles. The number of rotatable bonds is 5. The predicted octanol–water partition coefficient (Wildman–Crippen LogP) is 9.24. The molecule has 2 aliphatic rings. The van der Waals surface area contributed by atoms with E-state index in [4.69, 9.17) is 9.73 Å². The molecule has 0 N–H and O–H groups in total. The lowest BCUT2D eigenvalue weighted by atomic mass is 9.77. The molecule has 1 spiro atoms. The molecule has 0 saturated heterocycles. The van der Waals surface area contributed by atoms with Crippen molar-refractivity contribution in [1.29, 1.82) is 0 Å². The van der Waals surface area contributed by atoms with Gasteiger partial charge in [0.15, 0.2) is 5.75 Å². The number of para-hydroxylation sites is 1. The highest BCUT2D eigenvalue weighted by Crippen LogP contribution is 2.58. The van der Waals surface area contributed by atoms with Gasteiger partial charge in [-0.05, 0) is 68.0 Å². The van der Waals surface area contributed by atoms with Gasteiger partial charge in [-0.15, -0.1) is 0 Å². The van der Waals surface area contributed by atoms with Gasteiger partial charge >= 0.3 is 0 Å². The summed E-state index contributed by atoms with van der Waals surface area (Å²) in [5.41, 5.74) is 7.97. The average molecular weight is 552 g/mol. The number of anilines is 2. The lowest BCUT2D eigenvalue weighted by molar-refractivity contribution is 0.0833. The first-order valence-electron chi connectivity index (χ1n) is 15.0. The Hall–Kier alpha value is -4.57. The van der Waals surface area contributed by atoms with Gasteiger partial charge in [0, 0.05) is 48.0 Å². The van der Waals surface area contributed by atoms with E-state index in [1.54, 1.807) is 0 Å². The van der Waals surface area contributed by atoms with Crippen LogP contribution in [0.5, 0.6) is 5.75 Å². The van der Waals surface area contributed by atoms with E-state index in [1.165, 1.54) is 33.5 Å². The van der Waals surface area contributed by atoms with E-state index in [0.717, 1.165) is 41.0 Å². The summed E-state index contributed by atoms with van der Waals surface area (Å²) < 4.78 is 7.41. The maximum atomic E-state index is 7.41. The van der Waals surface area contributed by atoms with E-state index in [1.807, 2.05) is 6.21 Å². The van der Waals surface area contributed by atoms with Gasteiger partial charge in [0.1, 0.15) is 5.69 Å². The van der Waals surface area contributed by atoms with Crippen molar-refractivity contribution in [1.82, 2.24) is 0 Å². The summed E-state index contributed by atoms with van der Waals surface area (Å²) in [5, 5.41) is 2.27. The predicted molar refractivity (Wildman–Crippen MR) is 178 cm³/mol. The molecule has 1 atom stereocenters. The highest BCUT2D eigenvalue weighted by Gasteiger charge is 2.59. The summed E-state index contributed by atoms with van der Waals surface area (Å²) >= 11 is 0. The molecule has 4 nitrogen and oxygen atoms in total. The van der Waals surface area contributed by atoms with E-state index in [2.05, 4.69) is 148 Å². The number of hydrogen-bond donors (Lipinski definition) is 0. The smallest absolute Gasteiger partial charge is 0.228 e. The summed E-state index contributed by atoms with van der Waals surface area (Å²) in [6.45, 7) is 10.9. The number of ether oxygens (including phenoxy) is 1. The summed E-state index contributed by atoms with van der Waals surface area (Å²) in [6.07, 6.45) is 2.04. The molecule has 0 aromatic heterocycles. The van der Waals surface area contributed by atoms with Crippen molar-refractivity contribution in [2.75, 3.05) is 29.9 Å². The maximum absolute atomic E-state index is 7.41. The van der Waals surface area contributed by atoms with E-state index < -0.39 is 5.72 Å². The topological polar surface area (TPSA) is 28.1 Å². The molecule has 0 saturated carbocycles. The molecule has 7 rings (SSSR count). The van der Waals surface area contributed by atoms with Crippen molar-refractivity contribution >= 4 is 34.0 Å². The first kappa shape index (κ1) is 26.3. The van der Waals surface area contributed by atoms with E-state index in [0.29, 0.717) is 0 Å². The third-order valence-corrected chi connectivity index (χ3v) is 9.45. The molecule has 2 heterocycles. The zero-order valence-corrected chi connectivity index (χ0v) is 25.1. The van der Waals surface area contributed by atoms with E-state index in [9.17, 15) is 0 Å². The molecule has 5 aromatic rings. The van der Waals surface area contributed by atoms with Crippen molar-refractivity contribution < 1.29 is 4.74 Å². The largest absolute Gasteiger partial charge is 0.459 e. The second-order valence-corrected chi connectivity index (χ2v) is 11.8. The minimum atomic E-state index is -0.778. The van der Waals surface area contributed by atoms with Crippen LogP contribution in [0.25, 0.3) is 33.0 Å². The van der Waals surface area contributed by atoms with Crippen molar-refractivity contribution in [2.24, 2.45) is 4.99 Å². The summed E-state index contributed by atoms with van der Waals surface area (Å²) in [5.74, 6) is 0.831. The Bertz CT molecular complexity index is 1820. The standard InChI is InChI=1S/C38H37N3O/c1-6-41(7-2)28-23-21-27(22-24-28)33-29-17-11-12-18-30(29)35-36(34(33)26-15-9-8-10-16-26)42-38(25-39-35)37(3,4)31-19-13-14-20-32(31)40(38)5/h8-25H,6-7H2,1-5H3. The van der Waals surface area contributed by atoms with Crippen molar-refractivity contribution in [3.63, 3.8) is 0 Å². The van der Waals surface area contributed by atoms with Gasteiger partial charge in [-0.1, -0.05) is 84.9 Å². The molecular formula is C38H37N3O. The van der Waals surface area contributed by atoms with Gasteiger partial charge in [-0.25, -0.2) is 0 Å². The lowest BCUT2D eigenvalue weighted by Gasteiger charge is -2.45. The Kier molecular flexibility index (Phi) is 6.12. The van der Waals surface area contributed by atoms with Gasteiger partial charge in [0.25, 0.3) is 0 Å². The number of aliphatic imine (C=N–C) groups is 1. The van der Waals surface area contributed by atoms with Gasteiger partial charge in [-0.3, -0.25) is 4.99 Å². The molecule has 0 radical (unpaired) electrons. The molecule has 0 bridgehead atoms. The highest BCUT2D eigenvalue weighted by atomic mass is 16.5. The molecule has 0 amide bonds. The van der Waals surface area contributed by atoms with Gasteiger partial charge in [0.2, 0.25) is 5.72 Å². The first-order valence-corrected chi connectivity index (χ1v) is 15.0. The second kappa shape index (κ2) is 9.77. The third kappa shape index (κ3) is 3.64. The number of fused-ring (bicyclic) bond motifs is 4. The quantitative estimate of drug-likeness (QED) is 0.218. The second-order valence-electron chi connectivity index (χ2n) is 11.8. The van der Waals surface area contributed by atoms with E-state index in [-0.39, 0.29) is 5.41 Å².